The Bertz CT molecular complexity index is 635. The molecule has 5 nitrogen and oxygen atoms in total. The summed E-state index contributed by atoms with van der Waals surface area (Å²) in [5, 5.41) is 13.3. The third kappa shape index (κ3) is 3.12. The van der Waals surface area contributed by atoms with Crippen LogP contribution in [0, 0.1) is 15.9 Å². The van der Waals surface area contributed by atoms with Gasteiger partial charge in [-0.25, -0.2) is 9.37 Å². The minimum absolute atomic E-state index is 0.0591. The molecule has 9 heteroatoms. The maximum atomic E-state index is 13.3. The van der Waals surface area contributed by atoms with Crippen molar-refractivity contribution in [3.05, 3.63) is 48.6 Å². The van der Waals surface area contributed by atoms with Gasteiger partial charge in [-0.05, 0) is 6.07 Å². The van der Waals surface area contributed by atoms with Crippen LogP contribution in [0.1, 0.15) is 4.88 Å². The van der Waals surface area contributed by atoms with Crippen molar-refractivity contribution in [2.75, 3.05) is 5.32 Å². The first kappa shape index (κ1) is 14.0. The van der Waals surface area contributed by atoms with Crippen LogP contribution in [0.25, 0.3) is 0 Å². The van der Waals surface area contributed by atoms with Crippen molar-refractivity contribution < 1.29 is 9.31 Å². The van der Waals surface area contributed by atoms with Gasteiger partial charge in [-0.3, -0.25) is 10.1 Å². The molecule has 0 bridgehead atoms. The fraction of sp³-hybridized carbons (Fsp3) is 0.100. The van der Waals surface area contributed by atoms with Crippen LogP contribution in [0.15, 0.2) is 18.3 Å². The van der Waals surface area contributed by atoms with Crippen molar-refractivity contribution in [2.24, 2.45) is 0 Å². The van der Waals surface area contributed by atoms with Crippen LogP contribution < -0.4 is 5.32 Å². The molecule has 1 aromatic heterocycles. The third-order valence-corrected chi connectivity index (χ3v) is 3.72. The summed E-state index contributed by atoms with van der Waals surface area (Å²) < 4.78 is 13.7. The van der Waals surface area contributed by atoms with E-state index in [0.29, 0.717) is 4.47 Å². The zero-order chi connectivity index (χ0) is 14.0. The largest absolute Gasteiger partial charge is 0.373 e. The van der Waals surface area contributed by atoms with Crippen LogP contribution in [0.5, 0.6) is 0 Å². The van der Waals surface area contributed by atoms with E-state index in [9.17, 15) is 14.5 Å². The molecule has 0 amide bonds. The highest BCUT2D eigenvalue weighted by Gasteiger charge is 2.20. The molecule has 1 N–H and O–H groups in total. The van der Waals surface area contributed by atoms with Gasteiger partial charge in [0, 0.05) is 17.1 Å². The molecule has 0 aliphatic carbocycles. The van der Waals surface area contributed by atoms with Crippen molar-refractivity contribution in [1.29, 1.82) is 0 Å². The molecule has 0 fully saturated rings. The lowest BCUT2D eigenvalue weighted by Gasteiger charge is -2.08. The third-order valence-electron chi connectivity index (χ3n) is 2.23. The average Bonchev–Trinajstić information content (AvgIpc) is 2.76. The van der Waals surface area contributed by atoms with Crippen molar-refractivity contribution in [2.45, 2.75) is 6.54 Å². The number of thiazole rings is 1. The second-order valence-electron chi connectivity index (χ2n) is 3.45. The predicted molar refractivity (Wildman–Crippen MR) is 72.5 cm³/mol. The van der Waals surface area contributed by atoms with E-state index in [-0.39, 0.29) is 22.9 Å². The minimum atomic E-state index is -0.725. The molecule has 19 heavy (non-hydrogen) atoms. The molecule has 0 unspecified atom stereocenters. The standard InChI is InChI=1S/C10H6Cl2FN3O2S/c11-8-6(13)1-2-7(16(17)18)9(8)14-3-5-4-15-10(12)19-5/h1-2,4,14H,3H2. The zero-order valence-electron chi connectivity index (χ0n) is 9.19. The highest BCUT2D eigenvalue weighted by Crippen LogP contribution is 2.34. The molecule has 2 rings (SSSR count). The number of nitro benzene ring substituents is 1. The highest BCUT2D eigenvalue weighted by molar-refractivity contribution is 7.15. The quantitative estimate of drug-likeness (QED) is 0.679. The van der Waals surface area contributed by atoms with Crippen LogP contribution in [-0.2, 0) is 6.54 Å². The number of benzene rings is 1. The van der Waals surface area contributed by atoms with E-state index in [2.05, 4.69) is 10.3 Å². The summed E-state index contributed by atoms with van der Waals surface area (Å²) in [5.41, 5.74) is -0.349. The maximum absolute atomic E-state index is 13.3. The first-order chi connectivity index (χ1) is 8.99. The lowest BCUT2D eigenvalue weighted by atomic mass is 10.2. The number of halogens is 3. The fourth-order valence-corrected chi connectivity index (χ4v) is 2.55. The van der Waals surface area contributed by atoms with Crippen molar-refractivity contribution >= 4 is 45.9 Å². The Labute approximate surface area is 121 Å². The van der Waals surface area contributed by atoms with Gasteiger partial charge in [0.15, 0.2) is 4.47 Å². The summed E-state index contributed by atoms with van der Waals surface area (Å²) in [6, 6.07) is 2.01. The van der Waals surface area contributed by atoms with E-state index >= 15 is 0 Å². The van der Waals surface area contributed by atoms with Crippen molar-refractivity contribution in [1.82, 2.24) is 4.98 Å². The Hall–Kier alpha value is -1.44. The molecule has 0 aliphatic rings. The number of rotatable bonds is 4. The van der Waals surface area contributed by atoms with E-state index in [1.807, 2.05) is 0 Å². The Morgan fingerprint density at radius 3 is 2.79 bits per heavy atom. The summed E-state index contributed by atoms with van der Waals surface area (Å²) in [7, 11) is 0. The smallest absolute Gasteiger partial charge is 0.294 e. The van der Waals surface area contributed by atoms with Gasteiger partial charge in [0.25, 0.3) is 5.69 Å². The molecule has 1 aromatic carbocycles. The van der Waals surface area contributed by atoms with E-state index in [4.69, 9.17) is 23.2 Å². The zero-order valence-corrected chi connectivity index (χ0v) is 11.5. The molecule has 1 heterocycles. The molecule has 0 aliphatic heterocycles. The first-order valence-electron chi connectivity index (χ1n) is 4.95. The van der Waals surface area contributed by atoms with Gasteiger partial charge in [-0.1, -0.05) is 23.2 Å². The van der Waals surface area contributed by atoms with Crippen LogP contribution in [-0.4, -0.2) is 9.91 Å². The van der Waals surface area contributed by atoms with Gasteiger partial charge in [-0.15, -0.1) is 11.3 Å². The van der Waals surface area contributed by atoms with Gasteiger partial charge < -0.3 is 5.32 Å². The van der Waals surface area contributed by atoms with Gasteiger partial charge >= 0.3 is 0 Å². The molecule has 0 radical (unpaired) electrons. The number of hydrogen-bond acceptors (Lipinski definition) is 5. The molecule has 0 atom stereocenters. The number of nitrogens with one attached hydrogen (secondary N) is 1. The second-order valence-corrected chi connectivity index (χ2v) is 5.52. The Morgan fingerprint density at radius 1 is 1.47 bits per heavy atom. The normalized spacial score (nSPS) is 10.5. The van der Waals surface area contributed by atoms with Gasteiger partial charge in [0.05, 0.1) is 11.5 Å². The summed E-state index contributed by atoms with van der Waals surface area (Å²) in [4.78, 5) is 14.8. The molecular formula is C10H6Cl2FN3O2S. The molecule has 0 saturated heterocycles. The molecular weight excluding hydrogens is 316 g/mol. The number of nitrogens with zero attached hydrogens (tertiary/aromatic N) is 2. The SMILES string of the molecule is O=[N+]([O-])c1ccc(F)c(Cl)c1NCc1cnc(Cl)s1. The summed E-state index contributed by atoms with van der Waals surface area (Å²) in [6.07, 6.45) is 1.53. The fourth-order valence-electron chi connectivity index (χ4n) is 1.40. The molecule has 0 spiro atoms. The van der Waals surface area contributed by atoms with E-state index in [1.54, 1.807) is 0 Å². The monoisotopic (exact) mass is 321 g/mol. The lowest BCUT2D eigenvalue weighted by Crippen LogP contribution is -2.03. The van der Waals surface area contributed by atoms with Crippen molar-refractivity contribution in [3.63, 3.8) is 0 Å². The average molecular weight is 322 g/mol. The topological polar surface area (TPSA) is 68.1 Å². The van der Waals surface area contributed by atoms with E-state index < -0.39 is 10.7 Å². The molecule has 100 valence electrons. The van der Waals surface area contributed by atoms with Crippen LogP contribution in [0.3, 0.4) is 0 Å². The van der Waals surface area contributed by atoms with Crippen molar-refractivity contribution in [3.8, 4) is 0 Å². The first-order valence-corrected chi connectivity index (χ1v) is 6.52. The van der Waals surface area contributed by atoms with Gasteiger partial charge in [0.2, 0.25) is 0 Å². The van der Waals surface area contributed by atoms with Crippen LogP contribution in [0.2, 0.25) is 9.49 Å². The number of aromatic nitrogens is 1. The Kier molecular flexibility index (Phi) is 4.18. The summed E-state index contributed by atoms with van der Waals surface area (Å²) >= 11 is 12.6. The lowest BCUT2D eigenvalue weighted by molar-refractivity contribution is -0.384. The number of nitro groups is 1. The van der Waals surface area contributed by atoms with Crippen LogP contribution >= 0.6 is 34.5 Å². The minimum Gasteiger partial charge on any atom is -0.373 e. The summed E-state index contributed by atoms with van der Waals surface area (Å²) in [5.74, 6) is -0.725. The predicted octanol–water partition coefficient (Wildman–Crippen LogP) is 4.11. The van der Waals surface area contributed by atoms with Gasteiger partial charge in [-0.2, -0.15) is 0 Å². The number of hydrogen-bond donors (Lipinski definition) is 1. The molecule has 2 aromatic rings. The van der Waals surface area contributed by atoms with E-state index in [1.165, 1.54) is 17.5 Å². The molecule has 0 saturated carbocycles. The van der Waals surface area contributed by atoms with Crippen LogP contribution in [0.4, 0.5) is 15.8 Å². The van der Waals surface area contributed by atoms with Gasteiger partial charge in [0.1, 0.15) is 16.5 Å². The second kappa shape index (κ2) is 5.68. The number of anilines is 1. The Morgan fingerprint density at radius 2 is 2.21 bits per heavy atom. The maximum Gasteiger partial charge on any atom is 0.294 e. The Balaban J connectivity index is 2.28. The summed E-state index contributed by atoms with van der Waals surface area (Å²) in [6.45, 7) is 0.217. The highest BCUT2D eigenvalue weighted by atomic mass is 35.5. The van der Waals surface area contributed by atoms with E-state index in [0.717, 1.165) is 17.0 Å².